The second kappa shape index (κ2) is 6.13. The van der Waals surface area contributed by atoms with Crippen molar-refractivity contribution in [2.75, 3.05) is 18.4 Å². The van der Waals surface area contributed by atoms with Gasteiger partial charge in [0.15, 0.2) is 0 Å². The minimum atomic E-state index is 0.0561. The van der Waals surface area contributed by atoms with Gasteiger partial charge in [-0.2, -0.15) is 0 Å². The van der Waals surface area contributed by atoms with Gasteiger partial charge in [0, 0.05) is 31.5 Å². The van der Waals surface area contributed by atoms with Crippen molar-refractivity contribution in [3.05, 3.63) is 16.5 Å². The maximum atomic E-state index is 11.3. The Hall–Kier alpha value is -1.17. The second-order valence-electron chi connectivity index (χ2n) is 4.34. The van der Waals surface area contributed by atoms with Crippen LogP contribution in [-0.2, 0) is 4.79 Å². The number of carbonyl (C=O) groups is 1. The van der Waals surface area contributed by atoms with E-state index >= 15 is 0 Å². The van der Waals surface area contributed by atoms with Crippen LogP contribution in [0.3, 0.4) is 0 Å². The second-order valence-corrected chi connectivity index (χ2v) is 5.15. The van der Waals surface area contributed by atoms with Crippen LogP contribution < -0.4 is 10.6 Å². The smallest absolute Gasteiger partial charge is 0.221 e. The largest absolute Gasteiger partial charge is 0.369 e. The van der Waals surface area contributed by atoms with Gasteiger partial charge < -0.3 is 10.6 Å². The van der Waals surface area contributed by atoms with Crippen molar-refractivity contribution in [1.29, 1.82) is 0 Å². The Balaban J connectivity index is 1.86. The molecule has 0 aromatic carbocycles. The molecule has 98 valence electrons. The highest BCUT2D eigenvalue weighted by Crippen LogP contribution is 2.38. The molecule has 0 radical (unpaired) electrons. The highest BCUT2D eigenvalue weighted by Gasteiger charge is 2.27. The number of nitrogens with one attached hydrogen (secondary N) is 2. The number of rotatable bonds is 6. The van der Waals surface area contributed by atoms with E-state index in [0.29, 0.717) is 25.4 Å². The van der Waals surface area contributed by atoms with Gasteiger partial charge in [-0.3, -0.25) is 4.79 Å². The van der Waals surface area contributed by atoms with E-state index in [1.54, 1.807) is 0 Å². The highest BCUT2D eigenvalue weighted by molar-refractivity contribution is 9.10. The number of hydrogen-bond donors (Lipinski definition) is 2. The predicted molar refractivity (Wildman–Crippen MR) is 73.5 cm³/mol. The average molecular weight is 313 g/mol. The summed E-state index contributed by atoms with van der Waals surface area (Å²) >= 11 is 3.38. The molecule has 1 fully saturated rings. The van der Waals surface area contributed by atoms with Gasteiger partial charge >= 0.3 is 0 Å². The molecule has 5 nitrogen and oxygen atoms in total. The summed E-state index contributed by atoms with van der Waals surface area (Å²) < 4.78 is 0.792. The van der Waals surface area contributed by atoms with Crippen molar-refractivity contribution in [2.45, 2.75) is 32.1 Å². The molecule has 1 aliphatic carbocycles. The van der Waals surface area contributed by atoms with Crippen LogP contribution in [-0.4, -0.2) is 29.0 Å². The van der Waals surface area contributed by atoms with Gasteiger partial charge in [-0.1, -0.05) is 0 Å². The maximum Gasteiger partial charge on any atom is 0.221 e. The summed E-state index contributed by atoms with van der Waals surface area (Å²) in [4.78, 5) is 20.1. The lowest BCUT2D eigenvalue weighted by Crippen LogP contribution is -2.24. The average Bonchev–Trinajstić information content (AvgIpc) is 3.12. The Morgan fingerprint density at radius 2 is 2.28 bits per heavy atom. The third-order valence-corrected chi connectivity index (χ3v) is 3.09. The molecule has 1 saturated carbocycles. The number of nitrogens with zero attached hydrogens (tertiary/aromatic N) is 2. The third-order valence-electron chi connectivity index (χ3n) is 2.69. The van der Waals surface area contributed by atoms with Gasteiger partial charge in [-0.25, -0.2) is 9.97 Å². The Morgan fingerprint density at radius 3 is 2.94 bits per heavy atom. The fourth-order valence-electron chi connectivity index (χ4n) is 1.64. The van der Waals surface area contributed by atoms with E-state index in [0.717, 1.165) is 16.2 Å². The molecule has 1 amide bonds. The number of anilines is 1. The van der Waals surface area contributed by atoms with Crippen LogP contribution in [0.25, 0.3) is 0 Å². The zero-order valence-corrected chi connectivity index (χ0v) is 12.0. The summed E-state index contributed by atoms with van der Waals surface area (Å²) in [5.74, 6) is 2.25. The van der Waals surface area contributed by atoms with Gasteiger partial charge in [-0.15, -0.1) is 0 Å². The van der Waals surface area contributed by atoms with E-state index in [1.807, 2.05) is 13.0 Å². The molecule has 0 spiro atoms. The minimum absolute atomic E-state index is 0.0561. The van der Waals surface area contributed by atoms with E-state index < -0.39 is 0 Å². The van der Waals surface area contributed by atoms with Crippen molar-refractivity contribution >= 4 is 27.7 Å². The fourth-order valence-corrected chi connectivity index (χ4v) is 2.04. The van der Waals surface area contributed by atoms with Crippen molar-refractivity contribution in [2.24, 2.45) is 0 Å². The molecule has 0 unspecified atom stereocenters. The van der Waals surface area contributed by atoms with Crippen LogP contribution in [0.2, 0.25) is 0 Å². The molecule has 2 rings (SSSR count). The van der Waals surface area contributed by atoms with Crippen molar-refractivity contribution in [3.8, 4) is 0 Å². The topological polar surface area (TPSA) is 66.9 Å². The lowest BCUT2D eigenvalue weighted by Gasteiger charge is -2.07. The SMILES string of the molecule is CCNC(=O)CCNc1cc(Br)nc(C2CC2)n1. The number of halogens is 1. The normalized spacial score (nSPS) is 14.3. The van der Waals surface area contributed by atoms with Crippen molar-refractivity contribution < 1.29 is 4.79 Å². The first-order chi connectivity index (χ1) is 8.69. The third kappa shape index (κ3) is 3.94. The van der Waals surface area contributed by atoms with Gasteiger partial charge in [0.1, 0.15) is 16.2 Å². The molecule has 1 aliphatic rings. The van der Waals surface area contributed by atoms with Crippen LogP contribution in [0, 0.1) is 0 Å². The van der Waals surface area contributed by atoms with E-state index in [4.69, 9.17) is 0 Å². The van der Waals surface area contributed by atoms with E-state index in [9.17, 15) is 4.79 Å². The van der Waals surface area contributed by atoms with Crippen LogP contribution in [0.5, 0.6) is 0 Å². The summed E-state index contributed by atoms with van der Waals surface area (Å²) in [5.41, 5.74) is 0. The zero-order valence-electron chi connectivity index (χ0n) is 10.4. The maximum absolute atomic E-state index is 11.3. The summed E-state index contributed by atoms with van der Waals surface area (Å²) in [6, 6.07) is 1.84. The van der Waals surface area contributed by atoms with Gasteiger partial charge in [-0.05, 0) is 35.7 Å². The Labute approximate surface area is 115 Å². The van der Waals surface area contributed by atoms with Gasteiger partial charge in [0.2, 0.25) is 5.91 Å². The van der Waals surface area contributed by atoms with E-state index in [-0.39, 0.29) is 5.91 Å². The molecule has 2 N–H and O–H groups in total. The first kappa shape index (κ1) is 13.3. The fraction of sp³-hybridized carbons (Fsp3) is 0.583. The molecule has 1 aromatic heterocycles. The number of hydrogen-bond acceptors (Lipinski definition) is 4. The number of aromatic nitrogens is 2. The van der Waals surface area contributed by atoms with Crippen LogP contribution in [0.1, 0.15) is 37.9 Å². The molecule has 1 heterocycles. The van der Waals surface area contributed by atoms with Crippen LogP contribution in [0.15, 0.2) is 10.7 Å². The molecule has 1 aromatic rings. The van der Waals surface area contributed by atoms with Gasteiger partial charge in [0.25, 0.3) is 0 Å². The lowest BCUT2D eigenvalue weighted by atomic mass is 10.3. The molecule has 0 saturated heterocycles. The predicted octanol–water partition coefficient (Wildman–Crippen LogP) is 2.05. The molecule has 0 aliphatic heterocycles. The summed E-state index contributed by atoms with van der Waals surface area (Å²) in [7, 11) is 0. The molecule has 6 heteroatoms. The Morgan fingerprint density at radius 1 is 1.50 bits per heavy atom. The molecular weight excluding hydrogens is 296 g/mol. The van der Waals surface area contributed by atoms with Crippen LogP contribution >= 0.6 is 15.9 Å². The molecular formula is C12H17BrN4O. The standard InChI is InChI=1S/C12H17BrN4O/c1-2-14-11(18)5-6-15-10-7-9(13)16-12(17-10)8-3-4-8/h7-8H,2-6H2,1H3,(H,14,18)(H,15,16,17). The Kier molecular flexibility index (Phi) is 4.52. The molecule has 18 heavy (non-hydrogen) atoms. The highest BCUT2D eigenvalue weighted by atomic mass is 79.9. The minimum Gasteiger partial charge on any atom is -0.369 e. The summed E-state index contributed by atoms with van der Waals surface area (Å²) in [6.45, 7) is 3.16. The van der Waals surface area contributed by atoms with Gasteiger partial charge in [0.05, 0.1) is 0 Å². The molecule has 0 bridgehead atoms. The first-order valence-electron chi connectivity index (χ1n) is 6.24. The first-order valence-corrected chi connectivity index (χ1v) is 7.03. The summed E-state index contributed by atoms with van der Waals surface area (Å²) in [6.07, 6.45) is 2.80. The van der Waals surface area contributed by atoms with Crippen molar-refractivity contribution in [3.63, 3.8) is 0 Å². The zero-order chi connectivity index (χ0) is 13.0. The monoisotopic (exact) mass is 312 g/mol. The number of carbonyl (C=O) groups excluding carboxylic acids is 1. The quantitative estimate of drug-likeness (QED) is 0.789. The Bertz CT molecular complexity index is 434. The summed E-state index contributed by atoms with van der Waals surface area (Å²) in [5, 5.41) is 5.92. The number of amides is 1. The van der Waals surface area contributed by atoms with Crippen LogP contribution in [0.4, 0.5) is 5.82 Å². The molecule has 0 atom stereocenters. The lowest BCUT2D eigenvalue weighted by molar-refractivity contribution is -0.120. The van der Waals surface area contributed by atoms with E-state index in [2.05, 4.69) is 36.5 Å². The van der Waals surface area contributed by atoms with Crippen molar-refractivity contribution in [1.82, 2.24) is 15.3 Å². The van der Waals surface area contributed by atoms with E-state index in [1.165, 1.54) is 12.8 Å².